The summed E-state index contributed by atoms with van der Waals surface area (Å²) in [5, 5.41) is 0. The zero-order valence-corrected chi connectivity index (χ0v) is 14.2. The first-order valence-electron chi connectivity index (χ1n) is 5.47. The van der Waals surface area contributed by atoms with Gasteiger partial charge in [-0.1, -0.05) is 0 Å². The van der Waals surface area contributed by atoms with Crippen LogP contribution < -0.4 is 0 Å². The summed E-state index contributed by atoms with van der Waals surface area (Å²) in [5.74, 6) is 0. The zero-order chi connectivity index (χ0) is 13.0. The molecule has 0 aromatic rings. The number of rotatable bonds is 12. The summed E-state index contributed by atoms with van der Waals surface area (Å²) in [7, 11) is 0. The summed E-state index contributed by atoms with van der Waals surface area (Å²) >= 11 is -4.32. The van der Waals surface area contributed by atoms with E-state index in [1.54, 1.807) is 27.7 Å². The third-order valence-electron chi connectivity index (χ3n) is 1.12. The van der Waals surface area contributed by atoms with Crippen molar-refractivity contribution in [1.82, 2.24) is 0 Å². The Morgan fingerprint density at radius 3 is 0.944 bits per heavy atom. The van der Waals surface area contributed by atoms with E-state index < -0.39 is 18.1 Å². The van der Waals surface area contributed by atoms with Crippen LogP contribution in [-0.4, -0.2) is 26.4 Å². The molecule has 0 aliphatic heterocycles. The van der Waals surface area contributed by atoms with Crippen molar-refractivity contribution in [2.45, 2.75) is 27.7 Å². The van der Waals surface area contributed by atoms with E-state index in [4.69, 9.17) is 33.4 Å². The maximum atomic E-state index is 4.93. The molecule has 0 aromatic heterocycles. The van der Waals surface area contributed by atoms with E-state index >= 15 is 0 Å². The average Bonchev–Trinajstić information content (AvgIpc) is 2.37. The molecular weight excluding hydrogens is 320 g/mol. The summed E-state index contributed by atoms with van der Waals surface area (Å²) in [6.07, 6.45) is 0. The van der Waals surface area contributed by atoms with Gasteiger partial charge in [-0.3, -0.25) is 0 Å². The van der Waals surface area contributed by atoms with Crippen LogP contribution >= 0.6 is 0 Å². The normalized spacial score (nSPS) is 11.3. The number of hydrogen-bond acceptors (Lipinski definition) is 8. The van der Waals surface area contributed by atoms with E-state index in [0.717, 1.165) is 0 Å². The second kappa shape index (κ2) is 14.5. The van der Waals surface area contributed by atoms with E-state index in [-0.39, 0.29) is 48.1 Å². The molecular formula is C8H20O8Ti2. The summed E-state index contributed by atoms with van der Waals surface area (Å²) < 4.78 is 19.7. The van der Waals surface area contributed by atoms with Crippen molar-refractivity contribution >= 4 is 0 Å². The Bertz CT molecular complexity index is 136. The van der Waals surface area contributed by atoms with Crippen LogP contribution in [0, 0.1) is 0 Å². The fraction of sp³-hybridized carbons (Fsp3) is 1.00. The predicted octanol–water partition coefficient (Wildman–Crippen LogP) is 1.67. The minimum absolute atomic E-state index is 0. The molecule has 0 amide bonds. The molecule has 0 fully saturated rings. The molecule has 0 aliphatic rings. The minimum atomic E-state index is -4.32. The van der Waals surface area contributed by atoms with Gasteiger partial charge < -0.3 is 0 Å². The molecule has 0 rings (SSSR count). The molecule has 108 valence electrons. The van der Waals surface area contributed by atoms with Crippen LogP contribution in [0.2, 0.25) is 0 Å². The third-order valence-corrected chi connectivity index (χ3v) is 3.13. The zero-order valence-electron chi connectivity index (χ0n) is 11.1. The van der Waals surface area contributed by atoms with E-state index in [1.807, 2.05) is 0 Å². The van der Waals surface area contributed by atoms with Gasteiger partial charge in [0.25, 0.3) is 0 Å². The van der Waals surface area contributed by atoms with E-state index in [9.17, 15) is 0 Å². The number of hydrogen-bond donors (Lipinski definition) is 0. The Balaban J connectivity index is 0. The van der Waals surface area contributed by atoms with Gasteiger partial charge in [0.2, 0.25) is 0 Å². The van der Waals surface area contributed by atoms with Crippen LogP contribution in [0.15, 0.2) is 0 Å². The van der Waals surface area contributed by atoms with Crippen LogP contribution in [0.5, 0.6) is 0 Å². The van der Waals surface area contributed by atoms with E-state index in [1.165, 1.54) is 0 Å². The predicted molar refractivity (Wildman–Crippen MR) is 50.8 cm³/mol. The molecule has 0 N–H and O–H groups in total. The van der Waals surface area contributed by atoms with Crippen molar-refractivity contribution < 1.29 is 73.3 Å². The van der Waals surface area contributed by atoms with Crippen molar-refractivity contribution in [2.24, 2.45) is 0 Å². The Labute approximate surface area is 127 Å². The van der Waals surface area contributed by atoms with Crippen LogP contribution in [0.4, 0.5) is 0 Å². The van der Waals surface area contributed by atoms with Gasteiger partial charge >= 0.3 is 106 Å². The smallest absolute Gasteiger partial charge is 0 e. The van der Waals surface area contributed by atoms with Crippen molar-refractivity contribution in [3.8, 4) is 0 Å². The van der Waals surface area contributed by atoms with Crippen LogP contribution in [0.25, 0.3) is 0 Å². The van der Waals surface area contributed by atoms with Crippen molar-refractivity contribution in [2.75, 3.05) is 26.4 Å². The van der Waals surface area contributed by atoms with Crippen molar-refractivity contribution in [1.29, 1.82) is 0 Å². The fourth-order valence-corrected chi connectivity index (χ4v) is 2.51. The van der Waals surface area contributed by atoms with Gasteiger partial charge in [-0.05, 0) is 0 Å². The summed E-state index contributed by atoms with van der Waals surface area (Å²) in [6, 6.07) is 0. The first-order valence-corrected chi connectivity index (χ1v) is 8.02. The maximum absolute atomic E-state index is 4.93. The summed E-state index contributed by atoms with van der Waals surface area (Å²) in [6.45, 7) is 8.07. The van der Waals surface area contributed by atoms with Crippen molar-refractivity contribution in [3.05, 3.63) is 0 Å². The molecule has 18 heavy (non-hydrogen) atoms. The fourth-order valence-electron chi connectivity index (χ4n) is 0.608. The molecule has 8 nitrogen and oxygen atoms in total. The van der Waals surface area contributed by atoms with Gasteiger partial charge in [-0.25, -0.2) is 0 Å². The first-order chi connectivity index (χ1) is 8.24. The van der Waals surface area contributed by atoms with Gasteiger partial charge in [0.05, 0.1) is 0 Å². The largest absolute Gasteiger partial charge is 0 e. The van der Waals surface area contributed by atoms with Gasteiger partial charge in [0, 0.05) is 21.7 Å². The molecule has 0 saturated heterocycles. The molecule has 10 heteroatoms. The average molecular weight is 340 g/mol. The second-order valence-corrected chi connectivity index (χ2v) is 5.06. The van der Waals surface area contributed by atoms with Gasteiger partial charge in [-0.2, -0.15) is 0 Å². The monoisotopic (exact) mass is 340 g/mol. The topological polar surface area (TPSA) is 73.8 Å². The molecule has 0 unspecified atom stereocenters. The molecule has 0 spiro atoms. The summed E-state index contributed by atoms with van der Waals surface area (Å²) in [4.78, 5) is 19.0. The van der Waals surface area contributed by atoms with Crippen molar-refractivity contribution in [3.63, 3.8) is 0 Å². The molecule has 0 aliphatic carbocycles. The quantitative estimate of drug-likeness (QED) is 0.302. The second-order valence-electron chi connectivity index (χ2n) is 2.46. The molecule has 0 aromatic carbocycles. The Hall–Kier alpha value is 1.11. The molecule has 0 bridgehead atoms. The standard InChI is InChI=1S/4C2H6O2.2Ti/c4*1-2-4-3;;/h4*3H,2H2,1H3;;/q;;;;;+4/p-4. The van der Waals surface area contributed by atoms with Crippen LogP contribution in [0.3, 0.4) is 0 Å². The van der Waals surface area contributed by atoms with E-state index in [0.29, 0.717) is 0 Å². The molecule has 0 saturated carbocycles. The van der Waals surface area contributed by atoms with Gasteiger partial charge in [-0.15, -0.1) is 0 Å². The molecule has 0 radical (unpaired) electrons. The summed E-state index contributed by atoms with van der Waals surface area (Å²) in [5.41, 5.74) is 0. The van der Waals surface area contributed by atoms with Gasteiger partial charge in [0.15, 0.2) is 0 Å². The first kappa shape index (κ1) is 21.4. The minimum Gasteiger partial charge on any atom is 0 e. The maximum Gasteiger partial charge on any atom is 0 e. The SMILES string of the molecule is CCO[O][Ti]([O]OCC)([O]OCC)[O]OCC.[Ti]. The van der Waals surface area contributed by atoms with Gasteiger partial charge in [0.1, 0.15) is 0 Å². The Morgan fingerprint density at radius 1 is 0.556 bits per heavy atom. The Kier molecular flexibility index (Phi) is 17.3. The third kappa shape index (κ3) is 9.96. The van der Waals surface area contributed by atoms with E-state index in [2.05, 4.69) is 0 Å². The Morgan fingerprint density at radius 2 is 0.778 bits per heavy atom. The van der Waals surface area contributed by atoms with Crippen LogP contribution in [-0.2, 0) is 73.3 Å². The molecule has 0 atom stereocenters. The van der Waals surface area contributed by atoms with Crippen LogP contribution in [0.1, 0.15) is 27.7 Å². The molecule has 0 heterocycles.